The van der Waals surface area contributed by atoms with Gasteiger partial charge in [-0.3, -0.25) is 10.2 Å². The van der Waals surface area contributed by atoms with E-state index >= 15 is 0 Å². The Morgan fingerprint density at radius 3 is 1.50 bits per heavy atom. The molecule has 2 aromatic carbocycles. The van der Waals surface area contributed by atoms with Gasteiger partial charge in [-0.2, -0.15) is 36.9 Å². The number of rotatable bonds is 6. The number of allylic oxidation sites excluding steroid dienone is 4. The molecule has 2 aromatic heterocycles. The molecule has 2 aliphatic heterocycles. The Bertz CT molecular complexity index is 2530. The number of nitrogens with zero attached hydrogens (tertiary/aromatic N) is 4. The predicted octanol–water partition coefficient (Wildman–Crippen LogP) is 8.90. The van der Waals surface area contributed by atoms with Gasteiger partial charge in [0.25, 0.3) is 0 Å². The SMILES string of the molecule is CC=CB(O)O.CC=Cc1cc(C(F)(F)F)cc(C2(C(C)C)C(C#N)=C(N)Oc3n[nH]c(C)c32)c1.Cc1[nH]nc2c1C(c1cc(Br)cc(C(F)(F)F)c1)(C(C)C)C(C#N)=C(N)O2. The number of fused-ring (bicyclic) bond motifs is 2. The zero-order valence-electron chi connectivity index (χ0n) is 34.8. The second-order valence-electron chi connectivity index (χ2n) is 14.9. The van der Waals surface area contributed by atoms with Crippen LogP contribution in [-0.2, 0) is 23.2 Å². The highest BCUT2D eigenvalue weighted by Crippen LogP contribution is 2.55. The zero-order valence-corrected chi connectivity index (χ0v) is 36.4. The van der Waals surface area contributed by atoms with Gasteiger partial charge in [0, 0.05) is 15.9 Å². The molecule has 0 amide bonds. The third-order valence-electron chi connectivity index (χ3n) is 10.4. The van der Waals surface area contributed by atoms with Crippen molar-refractivity contribution in [3.63, 3.8) is 0 Å². The molecular weight excluding hydrogens is 885 g/mol. The van der Waals surface area contributed by atoms with Gasteiger partial charge in [0.15, 0.2) is 0 Å². The van der Waals surface area contributed by atoms with Crippen LogP contribution in [0.2, 0.25) is 0 Å². The van der Waals surface area contributed by atoms with Crippen molar-refractivity contribution in [2.75, 3.05) is 0 Å². The number of benzene rings is 2. The summed E-state index contributed by atoms with van der Waals surface area (Å²) in [5.41, 5.74) is 11.2. The summed E-state index contributed by atoms with van der Waals surface area (Å²) in [5.74, 6) is 0.629. The number of halogens is 7. The van der Waals surface area contributed by atoms with Crippen LogP contribution >= 0.6 is 15.9 Å². The van der Waals surface area contributed by atoms with E-state index < -0.39 is 41.4 Å². The normalized spacial score (nSPS) is 18.6. The Hall–Kier alpha value is -5.96. The summed E-state index contributed by atoms with van der Waals surface area (Å²) in [6, 6.07) is 11.6. The van der Waals surface area contributed by atoms with Crippen molar-refractivity contribution in [2.45, 2.75) is 78.6 Å². The lowest BCUT2D eigenvalue weighted by Gasteiger charge is -2.41. The number of nitrogens with two attached hydrogens (primary N) is 2. The van der Waals surface area contributed by atoms with Crippen LogP contribution in [0, 0.1) is 48.3 Å². The average molecular weight is 930 g/mol. The summed E-state index contributed by atoms with van der Waals surface area (Å²) >= 11 is 3.17. The van der Waals surface area contributed by atoms with E-state index in [2.05, 4.69) is 48.5 Å². The number of H-pyrrole nitrogens is 2. The van der Waals surface area contributed by atoms with Crippen molar-refractivity contribution in [3.8, 4) is 23.9 Å². The molecule has 2 unspecified atom stereocenters. The number of alkyl halides is 6. The highest BCUT2D eigenvalue weighted by Gasteiger charge is 2.53. The quantitative estimate of drug-likeness (QED) is 0.0797. The molecule has 0 spiro atoms. The molecule has 328 valence electrons. The van der Waals surface area contributed by atoms with Crippen LogP contribution in [0.1, 0.15) is 91.9 Å². The maximum atomic E-state index is 13.7. The molecule has 8 N–H and O–H groups in total. The van der Waals surface area contributed by atoms with Gasteiger partial charge < -0.3 is 31.0 Å². The lowest BCUT2D eigenvalue weighted by Crippen LogP contribution is -2.41. The first-order valence-electron chi connectivity index (χ1n) is 18.9. The van der Waals surface area contributed by atoms with E-state index in [0.717, 1.165) is 24.3 Å². The molecule has 0 bridgehead atoms. The number of aromatic nitrogens is 4. The van der Waals surface area contributed by atoms with E-state index in [0.29, 0.717) is 33.6 Å². The molecule has 0 saturated heterocycles. The first-order chi connectivity index (χ1) is 28.9. The van der Waals surface area contributed by atoms with Crippen molar-refractivity contribution < 1.29 is 45.9 Å². The molecule has 12 nitrogen and oxygen atoms in total. The molecule has 2 atom stereocenters. The third-order valence-corrected chi connectivity index (χ3v) is 10.9. The molecule has 0 aliphatic carbocycles. The summed E-state index contributed by atoms with van der Waals surface area (Å²) < 4.78 is 92.6. The Kier molecular flexibility index (Phi) is 14.6. The summed E-state index contributed by atoms with van der Waals surface area (Å²) in [5, 5.41) is 49.6. The second-order valence-corrected chi connectivity index (χ2v) is 15.8. The van der Waals surface area contributed by atoms with Crippen LogP contribution < -0.4 is 20.9 Å². The standard InChI is InChI=1S/C21H21F3N4O.C18H16BrF3N4O.C3H7BO2/c1-5-6-13-7-14(9-15(8-13)21(22,23)24)20(11(2)3)16(10-25)18(26)29-19-17(20)12(4)27-28-19;1-8(2)17(10-4-11(18(20,21)22)6-12(19)5-10)13(7-23)15(24)27-16-14(17)9(3)25-26-16;1-2-3-4(5)6/h5-9,11H,26H2,1-4H3,(H,27,28);4-6,8H,24H2,1-3H3,(H,25,26);2-3,5-6H,1H3. The van der Waals surface area contributed by atoms with E-state index in [4.69, 9.17) is 31.0 Å². The molecule has 2 aliphatic rings. The summed E-state index contributed by atoms with van der Waals surface area (Å²) in [7, 11) is -1.28. The monoisotopic (exact) mass is 928 g/mol. The third kappa shape index (κ3) is 8.99. The van der Waals surface area contributed by atoms with Crippen LogP contribution in [0.4, 0.5) is 26.3 Å². The number of aryl methyl sites for hydroxylation is 2. The van der Waals surface area contributed by atoms with Gasteiger partial charge in [-0.25, -0.2) is 0 Å². The van der Waals surface area contributed by atoms with Crippen LogP contribution in [0.3, 0.4) is 0 Å². The first kappa shape index (κ1) is 48.7. The van der Waals surface area contributed by atoms with Crippen molar-refractivity contribution in [1.82, 2.24) is 20.4 Å². The van der Waals surface area contributed by atoms with Gasteiger partial charge in [0.05, 0.1) is 33.1 Å². The number of nitriles is 2. The van der Waals surface area contributed by atoms with E-state index in [1.54, 1.807) is 58.1 Å². The molecule has 62 heavy (non-hydrogen) atoms. The van der Waals surface area contributed by atoms with Crippen LogP contribution in [0.25, 0.3) is 6.08 Å². The Morgan fingerprint density at radius 2 is 1.16 bits per heavy atom. The van der Waals surface area contributed by atoms with Crippen molar-refractivity contribution in [3.05, 3.63) is 132 Å². The van der Waals surface area contributed by atoms with Crippen molar-refractivity contribution in [2.24, 2.45) is 23.3 Å². The predicted molar refractivity (Wildman–Crippen MR) is 223 cm³/mol. The highest BCUT2D eigenvalue weighted by molar-refractivity contribution is 9.10. The van der Waals surface area contributed by atoms with Crippen molar-refractivity contribution >= 4 is 29.1 Å². The second kappa shape index (κ2) is 18.6. The molecule has 0 saturated carbocycles. The van der Waals surface area contributed by atoms with Crippen LogP contribution in [0.15, 0.2) is 81.9 Å². The molecule has 4 aromatic rings. The fraction of sp³-hybridized carbons (Fsp3) is 0.333. The maximum absolute atomic E-state index is 13.7. The Balaban J connectivity index is 0.000000241. The minimum atomic E-state index is -4.55. The molecular formula is C42H44BBrF6N8O4. The van der Waals surface area contributed by atoms with Gasteiger partial charge in [-0.1, -0.05) is 73.9 Å². The van der Waals surface area contributed by atoms with Crippen LogP contribution in [-0.4, -0.2) is 37.6 Å². The minimum Gasteiger partial charge on any atom is -0.424 e. The number of hydrogen-bond acceptors (Lipinski definition) is 10. The summed E-state index contributed by atoms with van der Waals surface area (Å²) in [6.45, 7) is 14.2. The first-order valence-corrected chi connectivity index (χ1v) is 19.7. The summed E-state index contributed by atoms with van der Waals surface area (Å²) in [4.78, 5) is 0. The lowest BCUT2D eigenvalue weighted by atomic mass is 9.61. The van der Waals surface area contributed by atoms with E-state index in [9.17, 15) is 36.9 Å². The fourth-order valence-electron chi connectivity index (χ4n) is 8.01. The van der Waals surface area contributed by atoms with E-state index in [-0.39, 0.29) is 56.5 Å². The van der Waals surface area contributed by atoms with Gasteiger partial charge in [0.1, 0.15) is 23.3 Å². The van der Waals surface area contributed by atoms with Gasteiger partial charge in [-0.05, 0) is 86.6 Å². The largest absolute Gasteiger partial charge is 0.480 e. The fourth-order valence-corrected chi connectivity index (χ4v) is 8.50. The molecule has 6 rings (SSSR count). The van der Waals surface area contributed by atoms with Gasteiger partial charge in [0.2, 0.25) is 23.5 Å². The lowest BCUT2D eigenvalue weighted by molar-refractivity contribution is -0.138. The number of hydrogen-bond donors (Lipinski definition) is 6. The zero-order chi connectivity index (χ0) is 46.7. The Labute approximate surface area is 362 Å². The topological polar surface area (TPSA) is 216 Å². The smallest absolute Gasteiger partial charge is 0.424 e. The van der Waals surface area contributed by atoms with Crippen molar-refractivity contribution in [1.29, 1.82) is 10.5 Å². The molecule has 0 fully saturated rings. The molecule has 20 heteroatoms. The average Bonchev–Trinajstić information content (AvgIpc) is 3.73. The van der Waals surface area contributed by atoms with Gasteiger partial charge >= 0.3 is 19.5 Å². The number of ether oxygens (including phenoxy) is 2. The van der Waals surface area contributed by atoms with E-state index in [1.165, 1.54) is 5.98 Å². The Morgan fingerprint density at radius 1 is 0.742 bits per heavy atom. The van der Waals surface area contributed by atoms with Gasteiger partial charge in [-0.15, -0.1) is 10.2 Å². The maximum Gasteiger partial charge on any atom is 0.480 e. The highest BCUT2D eigenvalue weighted by atomic mass is 79.9. The van der Waals surface area contributed by atoms with E-state index in [1.807, 2.05) is 27.7 Å². The molecule has 4 heterocycles. The summed E-state index contributed by atoms with van der Waals surface area (Å²) in [6.07, 6.45) is -4.27. The molecule has 0 radical (unpaired) electrons. The minimum absolute atomic E-state index is 0.0562. The number of nitrogens with one attached hydrogen (secondary N) is 2. The number of aromatic amines is 2. The van der Waals surface area contributed by atoms with Crippen LogP contribution in [0.5, 0.6) is 11.8 Å².